The Hall–Kier alpha value is 0.130. The summed E-state index contributed by atoms with van der Waals surface area (Å²) in [6.07, 6.45) is 0. The molecule has 0 fully saturated rings. The van der Waals surface area contributed by atoms with Gasteiger partial charge in [0, 0.05) is 15.9 Å². The molecule has 0 spiro atoms. The summed E-state index contributed by atoms with van der Waals surface area (Å²) in [5.41, 5.74) is 0. The topological polar surface area (TPSA) is 26.3 Å². The largest absolute Gasteiger partial charge is 0.425 e. The van der Waals surface area contributed by atoms with E-state index in [1.807, 2.05) is 0 Å². The fraction of sp³-hybridized carbons (Fsp3) is 0.125. The summed E-state index contributed by atoms with van der Waals surface area (Å²) >= 11 is 9.97. The van der Waals surface area contributed by atoms with Crippen LogP contribution in [0.1, 0.15) is 6.92 Å². The maximum atomic E-state index is 10.7. The number of hydrogen-bond acceptors (Lipinski definition) is 2. The molecule has 0 unspecified atom stereocenters. The Bertz CT molecular complexity index is 349. The summed E-state index contributed by atoms with van der Waals surface area (Å²) in [5.74, 6) is 0.164. The van der Waals surface area contributed by atoms with Crippen LogP contribution in [0.3, 0.4) is 0 Å². The molecule has 0 aliphatic rings. The molecule has 5 heteroatoms. The van der Waals surface area contributed by atoms with E-state index in [-0.39, 0.29) is 5.97 Å². The Labute approximate surface area is 101 Å². The molecule has 1 rings (SSSR count). The number of hydrogen-bond donors (Lipinski definition) is 0. The van der Waals surface area contributed by atoms with Crippen molar-refractivity contribution in [3.63, 3.8) is 0 Å². The van der Waals surface area contributed by atoms with Gasteiger partial charge in [0.2, 0.25) is 0 Å². The highest BCUT2D eigenvalue weighted by molar-refractivity contribution is 9.14. The summed E-state index contributed by atoms with van der Waals surface area (Å²) in [4.78, 5) is 10.7. The van der Waals surface area contributed by atoms with Crippen molar-refractivity contribution in [2.24, 2.45) is 0 Å². The van der Waals surface area contributed by atoms with Crippen LogP contribution >= 0.6 is 47.8 Å². The fourth-order valence-electron chi connectivity index (χ4n) is 0.742. The van der Waals surface area contributed by atoms with Gasteiger partial charge in [0.15, 0.2) is 0 Å². The number of halogens is 3. The van der Waals surface area contributed by atoms with Crippen molar-refractivity contribution in [1.82, 2.24) is 0 Å². The molecule has 70 valence electrons. The van der Waals surface area contributed by atoms with E-state index in [4.69, 9.17) is 4.74 Å². The van der Waals surface area contributed by atoms with E-state index in [1.165, 1.54) is 6.92 Å². The maximum absolute atomic E-state index is 10.7. The van der Waals surface area contributed by atoms with Crippen molar-refractivity contribution >= 4 is 53.8 Å². The number of esters is 1. The number of benzene rings is 1. The summed E-state index contributed by atoms with van der Waals surface area (Å²) < 4.78 is 7.39. The number of carbonyl (C=O) groups is 1. The van der Waals surface area contributed by atoms with Gasteiger partial charge >= 0.3 is 5.97 Å². The zero-order chi connectivity index (χ0) is 10.0. The molecule has 0 aliphatic heterocycles. The van der Waals surface area contributed by atoms with E-state index in [9.17, 15) is 4.79 Å². The number of carbonyl (C=O) groups excluding carboxylic acids is 1. The average Bonchev–Trinajstić information content (AvgIpc) is 2.06. The minimum Gasteiger partial charge on any atom is -0.425 e. The van der Waals surface area contributed by atoms with Crippen molar-refractivity contribution in [2.45, 2.75) is 6.92 Å². The summed E-state index contributed by atoms with van der Waals surface area (Å²) in [7, 11) is 0. The molecule has 1 aromatic carbocycles. The summed E-state index contributed by atoms with van der Waals surface area (Å²) in [6.45, 7) is 1.36. The summed E-state index contributed by atoms with van der Waals surface area (Å²) in [6, 6.07) is 3.51. The van der Waals surface area contributed by atoms with Crippen LogP contribution < -0.4 is 4.74 Å². The molecule has 13 heavy (non-hydrogen) atoms. The van der Waals surface area contributed by atoms with Gasteiger partial charge in [-0.15, -0.1) is 0 Å². The van der Waals surface area contributed by atoms with E-state index in [0.29, 0.717) is 5.75 Å². The second-order valence-corrected chi connectivity index (χ2v) is 4.71. The zero-order valence-electron chi connectivity index (χ0n) is 6.61. The van der Waals surface area contributed by atoms with Crippen molar-refractivity contribution in [2.75, 3.05) is 0 Å². The normalized spacial score (nSPS) is 9.85. The molecule has 1 aromatic rings. The van der Waals surface area contributed by atoms with Crippen molar-refractivity contribution in [3.8, 4) is 5.75 Å². The van der Waals surface area contributed by atoms with Gasteiger partial charge in [0.25, 0.3) is 0 Å². The quantitative estimate of drug-likeness (QED) is 0.424. The van der Waals surface area contributed by atoms with Gasteiger partial charge in [-0.25, -0.2) is 0 Å². The van der Waals surface area contributed by atoms with Gasteiger partial charge in [-0.05, 0) is 59.9 Å². The Kier molecular flexibility index (Phi) is 3.94. The van der Waals surface area contributed by atoms with Crippen LogP contribution in [-0.4, -0.2) is 5.97 Å². The van der Waals surface area contributed by atoms with Gasteiger partial charge in [0.05, 0.1) is 4.47 Å². The smallest absolute Gasteiger partial charge is 0.308 e. The first kappa shape index (κ1) is 11.2. The van der Waals surface area contributed by atoms with Crippen LogP contribution in [0.15, 0.2) is 25.6 Å². The van der Waals surface area contributed by atoms with Crippen LogP contribution in [0.4, 0.5) is 0 Å². The number of rotatable bonds is 1. The third-order valence-corrected chi connectivity index (χ3v) is 4.59. The maximum Gasteiger partial charge on any atom is 0.308 e. The molecule has 0 saturated carbocycles. The third-order valence-electron chi connectivity index (χ3n) is 1.25. The first-order chi connectivity index (χ1) is 6.02. The highest BCUT2D eigenvalue weighted by Gasteiger charge is 2.09. The second-order valence-electron chi connectivity index (χ2n) is 2.27. The highest BCUT2D eigenvalue weighted by atomic mass is 79.9. The Balaban J connectivity index is 3.10. The van der Waals surface area contributed by atoms with Gasteiger partial charge in [0.1, 0.15) is 5.75 Å². The molecule has 0 saturated heterocycles. The van der Waals surface area contributed by atoms with Crippen LogP contribution in [0.25, 0.3) is 0 Å². The Morgan fingerprint density at radius 3 is 2.38 bits per heavy atom. The lowest BCUT2D eigenvalue weighted by Gasteiger charge is -2.06. The molecule has 0 aromatic heterocycles. The average molecular weight is 373 g/mol. The van der Waals surface area contributed by atoms with Crippen LogP contribution in [0, 0.1) is 0 Å². The van der Waals surface area contributed by atoms with Crippen molar-refractivity contribution in [3.05, 3.63) is 25.6 Å². The van der Waals surface area contributed by atoms with E-state index >= 15 is 0 Å². The molecular weight excluding hydrogens is 368 g/mol. The lowest BCUT2D eigenvalue weighted by molar-refractivity contribution is -0.131. The lowest BCUT2D eigenvalue weighted by atomic mass is 10.3. The van der Waals surface area contributed by atoms with Crippen LogP contribution in [0.2, 0.25) is 0 Å². The third kappa shape index (κ3) is 2.79. The SMILES string of the molecule is CC(=O)Oc1ccc(Br)c(Br)c1Br. The number of ether oxygens (including phenoxy) is 1. The van der Waals surface area contributed by atoms with Crippen LogP contribution in [0.5, 0.6) is 5.75 Å². The molecule has 0 aliphatic carbocycles. The van der Waals surface area contributed by atoms with E-state index in [0.717, 1.165) is 13.4 Å². The fourth-order valence-corrected chi connectivity index (χ4v) is 2.09. The first-order valence-electron chi connectivity index (χ1n) is 3.34. The first-order valence-corrected chi connectivity index (χ1v) is 5.72. The molecule has 0 radical (unpaired) electrons. The van der Waals surface area contributed by atoms with E-state index in [1.54, 1.807) is 12.1 Å². The van der Waals surface area contributed by atoms with E-state index in [2.05, 4.69) is 47.8 Å². The molecule has 0 amide bonds. The Morgan fingerprint density at radius 2 is 1.85 bits per heavy atom. The van der Waals surface area contributed by atoms with E-state index < -0.39 is 0 Å². The molecule has 0 atom stereocenters. The molecular formula is C8H5Br3O2. The Morgan fingerprint density at radius 1 is 1.23 bits per heavy atom. The van der Waals surface area contributed by atoms with Gasteiger partial charge in [-0.3, -0.25) is 4.79 Å². The minimum absolute atomic E-state index is 0.338. The van der Waals surface area contributed by atoms with Gasteiger partial charge in [-0.2, -0.15) is 0 Å². The van der Waals surface area contributed by atoms with Crippen LogP contribution in [-0.2, 0) is 4.79 Å². The minimum atomic E-state index is -0.338. The predicted molar refractivity (Wildman–Crippen MR) is 60.9 cm³/mol. The van der Waals surface area contributed by atoms with Gasteiger partial charge < -0.3 is 4.74 Å². The lowest BCUT2D eigenvalue weighted by Crippen LogP contribution is -2.01. The second kappa shape index (κ2) is 4.57. The molecule has 0 N–H and O–H groups in total. The predicted octanol–water partition coefficient (Wildman–Crippen LogP) is 3.90. The highest BCUT2D eigenvalue weighted by Crippen LogP contribution is 2.37. The standard InChI is InChI=1S/C8H5Br3O2/c1-4(12)13-6-3-2-5(9)7(10)8(6)11/h2-3H,1H3. The molecule has 0 heterocycles. The van der Waals surface area contributed by atoms with Crippen molar-refractivity contribution < 1.29 is 9.53 Å². The monoisotopic (exact) mass is 370 g/mol. The molecule has 2 nitrogen and oxygen atoms in total. The zero-order valence-corrected chi connectivity index (χ0v) is 11.4. The van der Waals surface area contributed by atoms with Crippen molar-refractivity contribution in [1.29, 1.82) is 0 Å². The van der Waals surface area contributed by atoms with Gasteiger partial charge in [-0.1, -0.05) is 0 Å². The summed E-state index contributed by atoms with van der Waals surface area (Å²) in [5, 5.41) is 0. The molecule has 0 bridgehead atoms.